The van der Waals surface area contributed by atoms with Crippen molar-refractivity contribution < 1.29 is 89.0 Å². The van der Waals surface area contributed by atoms with Gasteiger partial charge in [-0.1, -0.05) is 11.6 Å². The normalized spacial score (nSPS) is 12.6. The second-order valence-corrected chi connectivity index (χ2v) is 29.9. The molecule has 42 heteroatoms. The molecule has 7 rings (SSSR count). The van der Waals surface area contributed by atoms with Gasteiger partial charge in [-0.05, 0) is 105 Å². The predicted molar refractivity (Wildman–Crippen MR) is 346 cm³/mol. The summed E-state index contributed by atoms with van der Waals surface area (Å²) < 4.78 is 180. The number of fused-ring (bicyclic) bond motifs is 3. The molecule has 0 fully saturated rings. The van der Waals surface area contributed by atoms with Gasteiger partial charge in [0.1, 0.15) is 73.7 Å². The Hall–Kier alpha value is -8.69. The molecular formula is C53H51ClN14O20S7. The molecular weight excluding hydrogens is 1410 g/mol. The summed E-state index contributed by atoms with van der Waals surface area (Å²) in [7, 11) is -22.3. The molecule has 0 bridgehead atoms. The zero-order valence-corrected chi connectivity index (χ0v) is 56.1. The fourth-order valence-corrected chi connectivity index (χ4v) is 14.2. The number of nitrogens with zero attached hydrogens (tertiary/aromatic N) is 12. The number of rotatable bonds is 28. The van der Waals surface area contributed by atoms with E-state index < -0.39 is 106 Å². The van der Waals surface area contributed by atoms with E-state index in [1.165, 1.54) is 62.4 Å². The maximum Gasteiger partial charge on any atom is 0.300 e. The van der Waals surface area contributed by atoms with E-state index in [0.717, 1.165) is 61.0 Å². The molecule has 2 heterocycles. The third-order valence-electron chi connectivity index (χ3n) is 12.7. The molecule has 502 valence electrons. The number of halogens is 1. The Balaban J connectivity index is 1.37. The molecule has 7 aromatic rings. The van der Waals surface area contributed by atoms with Gasteiger partial charge in [-0.25, -0.2) is 4.98 Å². The topological polar surface area (TPSA) is 533 Å². The van der Waals surface area contributed by atoms with Crippen LogP contribution in [0.5, 0.6) is 17.4 Å². The number of carbonyl (C=O) groups excluding carboxylic acids is 2. The zero-order chi connectivity index (χ0) is 70.1. The van der Waals surface area contributed by atoms with E-state index in [0.29, 0.717) is 0 Å². The highest BCUT2D eigenvalue weighted by Gasteiger charge is 2.29. The van der Waals surface area contributed by atoms with E-state index in [-0.39, 0.29) is 149 Å². The lowest BCUT2D eigenvalue weighted by atomic mass is 10.1. The first kappa shape index (κ1) is 73.7. The van der Waals surface area contributed by atoms with E-state index >= 15 is 0 Å². The van der Waals surface area contributed by atoms with Crippen LogP contribution in [0.15, 0.2) is 121 Å². The summed E-state index contributed by atoms with van der Waals surface area (Å²) in [6.45, 7) is 4.83. The average Bonchev–Trinajstić information content (AvgIpc) is 1.59. The van der Waals surface area contributed by atoms with Gasteiger partial charge in [0.05, 0.1) is 64.1 Å². The summed E-state index contributed by atoms with van der Waals surface area (Å²) in [6.07, 6.45) is -0.512. The molecule has 0 saturated heterocycles. The van der Waals surface area contributed by atoms with Crippen LogP contribution in [-0.4, -0.2) is 134 Å². The predicted octanol–water partition coefficient (Wildman–Crippen LogP) is 11.7. The van der Waals surface area contributed by atoms with Gasteiger partial charge in [0, 0.05) is 35.3 Å². The first-order valence-corrected chi connectivity index (χ1v) is 36.8. The van der Waals surface area contributed by atoms with Gasteiger partial charge in [0.2, 0.25) is 17.7 Å². The molecule has 95 heavy (non-hydrogen) atoms. The Labute approximate surface area is 554 Å². The molecule has 0 spiro atoms. The number of imidazole rings is 1. The number of aryl methyl sites for hydroxylation is 1. The maximum absolute atomic E-state index is 12.9. The number of nitrogens with one attached hydrogen (secondary N) is 2. The summed E-state index contributed by atoms with van der Waals surface area (Å²) in [6, 6.07) is 15.9. The minimum atomic E-state index is -5.09. The molecule has 0 aliphatic heterocycles. The van der Waals surface area contributed by atoms with Crippen LogP contribution in [0.3, 0.4) is 0 Å². The van der Waals surface area contributed by atoms with Gasteiger partial charge in [0.15, 0.2) is 16.2 Å². The fourth-order valence-electron chi connectivity index (χ4n) is 8.54. The monoisotopic (exact) mass is 1460 g/mol. The number of thioether (sulfide) groups is 2. The standard InChI is InChI=1S/C53H51ClN14O20S7/c1-27-17-41(64-67-49-28(2)32(26-56)52-59-34-9-10-44(87-5)51(95(84,85)86)50(34)68(52)53(49)71)45(88-11-6-14-91(72,73)74)21-35(27)60-65-42-19-38(58-30(4)70)40(23-46(42)89-12-7-15-92(75,76)77)63-66-43-20-37(57-29(3)69)39(22-47(43)90-13-8-16-93(78,79)80)62-61-36-24-48(94(81,82)83)33(54)18-31(36)25-55/h9-10,17-24,71H,6-8,11-16H2,1-5H3,(H,57,69)(H,58,70)(H,72,73,74)(H,75,76,77)(H,78,79,80)(H,81,82,83)(H,84,85,86). The Morgan fingerprint density at radius 3 is 1.61 bits per heavy atom. The lowest BCUT2D eigenvalue weighted by Crippen LogP contribution is -2.08. The molecule has 8 N–H and O–H groups in total. The summed E-state index contributed by atoms with van der Waals surface area (Å²) in [5.41, 5.74) is -2.29. The molecule has 0 radical (unpaired) electrons. The number of aromatic hydroxyl groups is 1. The number of aromatic nitrogens is 2. The average molecular weight is 1460 g/mol. The lowest BCUT2D eigenvalue weighted by molar-refractivity contribution is -0.115. The SMILES string of the molecule is COc1ccc2nc3c(C#N)c(C)c(N=Nc4cc(C)c(N=Nc5cc(NC(C)=O)c(N=Nc6cc(NC(C)=O)c(N=Nc7cc(S(=O)(=O)O)c(Cl)cc7C#N)cc6SCCCS(=O)(=O)O)cc5SCCCS(=O)(=O)O)cc4OCCCS(=O)(=O)O)c(O)n3c2c1S(=O)(=O)O. The number of ether oxygens (including phenoxy) is 2. The van der Waals surface area contributed by atoms with E-state index in [2.05, 4.69) is 56.5 Å². The van der Waals surface area contributed by atoms with Crippen molar-refractivity contribution in [3.05, 3.63) is 87.9 Å². The van der Waals surface area contributed by atoms with Gasteiger partial charge >= 0.3 is 0 Å². The van der Waals surface area contributed by atoms with Gasteiger partial charge in [0.25, 0.3) is 50.6 Å². The molecule has 0 unspecified atom stereocenters. The van der Waals surface area contributed by atoms with Gasteiger partial charge in [-0.15, -0.1) is 59.3 Å². The number of hydrogen-bond acceptors (Lipinski definition) is 28. The maximum atomic E-state index is 12.9. The third kappa shape index (κ3) is 19.5. The van der Waals surface area contributed by atoms with Crippen molar-refractivity contribution in [3.8, 4) is 29.5 Å². The van der Waals surface area contributed by atoms with Crippen LogP contribution in [-0.2, 0) is 60.2 Å². The Bertz CT molecular complexity index is 5100. The second-order valence-electron chi connectivity index (χ2n) is 19.8. The Kier molecular flexibility index (Phi) is 23.6. The van der Waals surface area contributed by atoms with Crippen molar-refractivity contribution >= 4 is 171 Å². The van der Waals surface area contributed by atoms with Crippen molar-refractivity contribution in [2.24, 2.45) is 40.9 Å². The Morgan fingerprint density at radius 2 is 1.13 bits per heavy atom. The van der Waals surface area contributed by atoms with Crippen molar-refractivity contribution in [3.63, 3.8) is 0 Å². The van der Waals surface area contributed by atoms with Crippen LogP contribution in [0.25, 0.3) is 16.7 Å². The number of azo groups is 4. The molecule has 0 atom stereocenters. The molecule has 0 aliphatic carbocycles. The van der Waals surface area contributed by atoms with Crippen molar-refractivity contribution in [1.82, 2.24) is 9.38 Å². The van der Waals surface area contributed by atoms with E-state index in [1.54, 1.807) is 6.07 Å². The second kappa shape index (κ2) is 30.4. The molecule has 0 saturated carbocycles. The molecule has 0 aliphatic rings. The molecule has 5 aromatic carbocycles. The number of anilines is 2. The summed E-state index contributed by atoms with van der Waals surface area (Å²) in [4.78, 5) is 28.6. The number of benzene rings is 5. The van der Waals surface area contributed by atoms with Crippen LogP contribution in [0, 0.1) is 36.5 Å². The van der Waals surface area contributed by atoms with E-state index in [1.807, 2.05) is 6.07 Å². The number of methoxy groups -OCH3 is 1. The van der Waals surface area contributed by atoms with Crippen LogP contribution in [0.4, 0.5) is 56.9 Å². The summed E-state index contributed by atoms with van der Waals surface area (Å²) >= 11 is 7.95. The minimum Gasteiger partial charge on any atom is -0.495 e. The lowest BCUT2D eigenvalue weighted by Gasteiger charge is -2.13. The first-order valence-electron chi connectivity index (χ1n) is 26.7. The molecule has 34 nitrogen and oxygen atoms in total. The third-order valence-corrected chi connectivity index (χ3v) is 19.6. The smallest absolute Gasteiger partial charge is 0.300 e. The van der Waals surface area contributed by atoms with Gasteiger partial charge in [-0.3, -0.25) is 36.8 Å². The van der Waals surface area contributed by atoms with Gasteiger partial charge < -0.3 is 25.2 Å². The highest BCUT2D eigenvalue weighted by atomic mass is 35.5. The highest BCUT2D eigenvalue weighted by molar-refractivity contribution is 7.99. The number of pyridine rings is 1. The summed E-state index contributed by atoms with van der Waals surface area (Å²) in [5.74, 6) is -4.70. The van der Waals surface area contributed by atoms with E-state index in [4.69, 9.17) is 21.1 Å². The van der Waals surface area contributed by atoms with Crippen LogP contribution in [0.2, 0.25) is 5.02 Å². The fraction of sp³-hybridized carbons (Fsp3) is 0.264. The number of nitriles is 2. The number of carbonyl (C=O) groups is 2. The number of amides is 2. The minimum absolute atomic E-state index is 0.00402. The quantitative estimate of drug-likeness (QED) is 0.00977. The highest BCUT2D eigenvalue weighted by Crippen LogP contribution is 2.47. The van der Waals surface area contributed by atoms with Gasteiger partial charge in [-0.2, -0.15) is 57.7 Å². The first-order chi connectivity index (χ1) is 44.4. The largest absolute Gasteiger partial charge is 0.495 e. The summed E-state index contributed by atoms with van der Waals surface area (Å²) in [5, 5.41) is 71.0. The van der Waals surface area contributed by atoms with Crippen molar-refractivity contribution in [2.75, 3.05) is 53.1 Å². The Morgan fingerprint density at radius 1 is 0.621 bits per heavy atom. The zero-order valence-electron chi connectivity index (χ0n) is 49.6. The van der Waals surface area contributed by atoms with Crippen molar-refractivity contribution in [2.45, 2.75) is 66.5 Å². The number of hydrogen-bond donors (Lipinski definition) is 8. The van der Waals surface area contributed by atoms with Crippen LogP contribution >= 0.6 is 35.1 Å². The van der Waals surface area contributed by atoms with Crippen LogP contribution in [0.1, 0.15) is 55.4 Å². The van der Waals surface area contributed by atoms with Crippen LogP contribution < -0.4 is 20.1 Å². The molecule has 2 amide bonds. The van der Waals surface area contributed by atoms with E-state index in [9.17, 15) is 90.1 Å². The molecule has 2 aromatic heterocycles. The van der Waals surface area contributed by atoms with Crippen molar-refractivity contribution in [1.29, 1.82) is 10.5 Å².